The fourth-order valence-corrected chi connectivity index (χ4v) is 3.97. The Morgan fingerprint density at radius 3 is 2.10 bits per heavy atom. The van der Waals surface area contributed by atoms with E-state index < -0.39 is 10.0 Å². The van der Waals surface area contributed by atoms with E-state index in [1.54, 1.807) is 0 Å². The van der Waals surface area contributed by atoms with E-state index in [1.165, 1.54) is 10.6 Å². The molecule has 0 aromatic heterocycles. The highest BCUT2D eigenvalue weighted by molar-refractivity contribution is 7.88. The largest absolute Gasteiger partial charge is 0.340 e. The van der Waals surface area contributed by atoms with Gasteiger partial charge in [0.15, 0.2) is 0 Å². The first-order valence-electron chi connectivity index (χ1n) is 7.35. The number of nitrogens with zero attached hydrogens (tertiary/aromatic N) is 2. The van der Waals surface area contributed by atoms with E-state index in [9.17, 15) is 13.2 Å². The van der Waals surface area contributed by atoms with Gasteiger partial charge in [0.2, 0.25) is 15.9 Å². The maximum Gasteiger partial charge on any atom is 0.225 e. The van der Waals surface area contributed by atoms with Crippen LogP contribution in [0.2, 0.25) is 0 Å². The minimum absolute atomic E-state index is 0.114. The molecule has 1 saturated heterocycles. The smallest absolute Gasteiger partial charge is 0.225 e. The third-order valence-corrected chi connectivity index (χ3v) is 5.85. The SMILES string of the molecule is CS(=O)(=O)N1CCN(C(=O)C2CCC(CN)CC2)CC1. The number of carbonyl (C=O) groups is 1. The molecule has 0 radical (unpaired) electrons. The van der Waals surface area contributed by atoms with Crippen molar-refractivity contribution in [3.05, 3.63) is 0 Å². The van der Waals surface area contributed by atoms with Crippen molar-refractivity contribution in [1.82, 2.24) is 9.21 Å². The lowest BCUT2D eigenvalue weighted by atomic mass is 9.81. The van der Waals surface area contributed by atoms with Gasteiger partial charge < -0.3 is 10.6 Å². The van der Waals surface area contributed by atoms with E-state index in [-0.39, 0.29) is 11.8 Å². The second-order valence-electron chi connectivity index (χ2n) is 5.94. The van der Waals surface area contributed by atoms with Gasteiger partial charge in [-0.3, -0.25) is 4.79 Å². The molecule has 1 heterocycles. The van der Waals surface area contributed by atoms with Crippen LogP contribution in [0.5, 0.6) is 0 Å². The molecule has 0 aromatic carbocycles. The molecule has 6 nitrogen and oxygen atoms in total. The van der Waals surface area contributed by atoms with E-state index in [0.29, 0.717) is 38.6 Å². The monoisotopic (exact) mass is 303 g/mol. The molecule has 20 heavy (non-hydrogen) atoms. The van der Waals surface area contributed by atoms with Gasteiger partial charge in [-0.1, -0.05) is 0 Å². The number of carbonyl (C=O) groups excluding carboxylic acids is 1. The van der Waals surface area contributed by atoms with Crippen molar-refractivity contribution in [2.24, 2.45) is 17.6 Å². The topological polar surface area (TPSA) is 83.7 Å². The van der Waals surface area contributed by atoms with Crippen molar-refractivity contribution in [2.45, 2.75) is 25.7 Å². The lowest BCUT2D eigenvalue weighted by molar-refractivity contribution is -0.138. The normalized spacial score (nSPS) is 29.4. The van der Waals surface area contributed by atoms with Gasteiger partial charge in [-0.2, -0.15) is 4.31 Å². The maximum atomic E-state index is 12.4. The summed E-state index contributed by atoms with van der Waals surface area (Å²) in [4.78, 5) is 14.3. The molecule has 0 bridgehead atoms. The highest BCUT2D eigenvalue weighted by atomic mass is 32.2. The predicted molar refractivity (Wildman–Crippen MR) is 77.5 cm³/mol. The fourth-order valence-electron chi connectivity index (χ4n) is 3.14. The predicted octanol–water partition coefficient (Wildman–Crippen LogP) is -0.145. The summed E-state index contributed by atoms with van der Waals surface area (Å²) >= 11 is 0. The number of hydrogen-bond donors (Lipinski definition) is 1. The quantitative estimate of drug-likeness (QED) is 0.786. The van der Waals surface area contributed by atoms with Crippen LogP contribution in [0.25, 0.3) is 0 Å². The minimum atomic E-state index is -3.13. The van der Waals surface area contributed by atoms with Gasteiger partial charge in [-0.25, -0.2) is 8.42 Å². The van der Waals surface area contributed by atoms with Crippen LogP contribution >= 0.6 is 0 Å². The van der Waals surface area contributed by atoms with Crippen molar-refractivity contribution in [3.8, 4) is 0 Å². The van der Waals surface area contributed by atoms with Gasteiger partial charge >= 0.3 is 0 Å². The van der Waals surface area contributed by atoms with E-state index >= 15 is 0 Å². The zero-order valence-corrected chi connectivity index (χ0v) is 12.9. The maximum absolute atomic E-state index is 12.4. The molecule has 116 valence electrons. The minimum Gasteiger partial charge on any atom is -0.340 e. The Morgan fingerprint density at radius 1 is 1.10 bits per heavy atom. The zero-order chi connectivity index (χ0) is 14.8. The number of nitrogens with two attached hydrogens (primary N) is 1. The third-order valence-electron chi connectivity index (χ3n) is 4.55. The van der Waals surface area contributed by atoms with Gasteiger partial charge in [-0.15, -0.1) is 0 Å². The van der Waals surface area contributed by atoms with Crippen molar-refractivity contribution >= 4 is 15.9 Å². The molecular weight excluding hydrogens is 278 g/mol. The Balaban J connectivity index is 1.83. The summed E-state index contributed by atoms with van der Waals surface area (Å²) in [6.45, 7) is 2.59. The first-order valence-corrected chi connectivity index (χ1v) is 9.20. The zero-order valence-electron chi connectivity index (χ0n) is 12.1. The number of piperazine rings is 1. The Hall–Kier alpha value is -0.660. The second-order valence-corrected chi connectivity index (χ2v) is 7.92. The lowest BCUT2D eigenvalue weighted by Gasteiger charge is -2.36. The summed E-state index contributed by atoms with van der Waals surface area (Å²) < 4.78 is 24.3. The van der Waals surface area contributed by atoms with Crippen molar-refractivity contribution in [1.29, 1.82) is 0 Å². The van der Waals surface area contributed by atoms with Crippen molar-refractivity contribution in [2.75, 3.05) is 39.0 Å². The Morgan fingerprint density at radius 2 is 1.65 bits per heavy atom. The molecule has 1 aliphatic heterocycles. The van der Waals surface area contributed by atoms with Gasteiger partial charge in [-0.05, 0) is 38.1 Å². The van der Waals surface area contributed by atoms with Crippen LogP contribution in [-0.2, 0) is 14.8 Å². The summed E-state index contributed by atoms with van der Waals surface area (Å²) in [6, 6.07) is 0. The average Bonchev–Trinajstić information content (AvgIpc) is 2.46. The van der Waals surface area contributed by atoms with Crippen LogP contribution in [0.15, 0.2) is 0 Å². The molecule has 2 rings (SSSR count). The summed E-state index contributed by atoms with van der Waals surface area (Å²) in [6.07, 6.45) is 5.14. The number of sulfonamides is 1. The Kier molecular flexibility index (Phi) is 5.04. The highest BCUT2D eigenvalue weighted by Gasteiger charge is 2.32. The molecule has 0 aromatic rings. The fraction of sp³-hybridized carbons (Fsp3) is 0.923. The van der Waals surface area contributed by atoms with E-state index in [2.05, 4.69) is 0 Å². The average molecular weight is 303 g/mol. The van der Waals surface area contributed by atoms with Gasteiger partial charge in [0, 0.05) is 32.1 Å². The van der Waals surface area contributed by atoms with Crippen LogP contribution in [0.3, 0.4) is 0 Å². The molecular formula is C13H25N3O3S. The molecule has 1 saturated carbocycles. The van der Waals surface area contributed by atoms with Gasteiger partial charge in [0.05, 0.1) is 6.26 Å². The lowest BCUT2D eigenvalue weighted by Crippen LogP contribution is -2.52. The number of amides is 1. The first kappa shape index (κ1) is 15.7. The third kappa shape index (κ3) is 3.71. The first-order chi connectivity index (χ1) is 9.41. The molecule has 2 N–H and O–H groups in total. The molecule has 0 atom stereocenters. The Labute approximate surface area is 121 Å². The van der Waals surface area contributed by atoms with E-state index in [1.807, 2.05) is 4.90 Å². The summed E-state index contributed by atoms with van der Waals surface area (Å²) in [7, 11) is -3.13. The van der Waals surface area contributed by atoms with Crippen LogP contribution in [0, 0.1) is 11.8 Å². The standard InChI is InChI=1S/C13H25N3O3S/c1-20(18,19)16-8-6-15(7-9-16)13(17)12-4-2-11(10-14)3-5-12/h11-12H,2-10,14H2,1H3. The number of hydrogen-bond acceptors (Lipinski definition) is 4. The van der Waals surface area contributed by atoms with Crippen LogP contribution < -0.4 is 5.73 Å². The second kappa shape index (κ2) is 6.41. The number of rotatable bonds is 3. The molecule has 1 amide bonds. The molecule has 0 unspecified atom stereocenters. The summed E-state index contributed by atoms with van der Waals surface area (Å²) in [5, 5.41) is 0. The van der Waals surface area contributed by atoms with Crippen molar-refractivity contribution < 1.29 is 13.2 Å². The highest BCUT2D eigenvalue weighted by Crippen LogP contribution is 2.29. The van der Waals surface area contributed by atoms with Crippen LogP contribution in [0.1, 0.15) is 25.7 Å². The van der Waals surface area contributed by atoms with Crippen molar-refractivity contribution in [3.63, 3.8) is 0 Å². The molecule has 0 spiro atoms. The van der Waals surface area contributed by atoms with Gasteiger partial charge in [0.1, 0.15) is 0 Å². The van der Waals surface area contributed by atoms with Crippen LogP contribution in [0.4, 0.5) is 0 Å². The van der Waals surface area contributed by atoms with E-state index in [4.69, 9.17) is 5.73 Å². The van der Waals surface area contributed by atoms with E-state index in [0.717, 1.165) is 25.7 Å². The molecule has 2 aliphatic rings. The molecule has 2 fully saturated rings. The van der Waals surface area contributed by atoms with Crippen LogP contribution in [-0.4, -0.2) is 62.5 Å². The molecule has 7 heteroatoms. The van der Waals surface area contributed by atoms with Gasteiger partial charge in [0.25, 0.3) is 0 Å². The Bertz CT molecular complexity index is 436. The summed E-state index contributed by atoms with van der Waals surface area (Å²) in [5.74, 6) is 0.886. The molecule has 1 aliphatic carbocycles. The summed E-state index contributed by atoms with van der Waals surface area (Å²) in [5.41, 5.74) is 5.67.